The van der Waals surface area contributed by atoms with Crippen LogP contribution in [0.5, 0.6) is 0 Å². The minimum absolute atomic E-state index is 0.0749. The molecule has 3 saturated heterocycles. The van der Waals surface area contributed by atoms with Crippen molar-refractivity contribution in [2.24, 2.45) is 46.8 Å². The zero-order valence-corrected chi connectivity index (χ0v) is 34.1. The molecule has 5 nitrogen and oxygen atoms in total. The van der Waals surface area contributed by atoms with Crippen molar-refractivity contribution < 1.29 is 24.1 Å². The molecule has 5 heteroatoms. The van der Waals surface area contributed by atoms with Gasteiger partial charge in [-0.05, 0) is 125 Å². The fourth-order valence-electron chi connectivity index (χ4n) is 10.3. The number of ether oxygens (including phenoxy) is 4. The highest BCUT2D eigenvalue weighted by atomic mass is 16.7. The average molecular weight is 679 g/mol. The minimum Gasteiger partial charge on any atom is -0.387 e. The van der Waals surface area contributed by atoms with Crippen molar-refractivity contribution in [2.45, 2.75) is 228 Å². The Bertz CT molecular complexity index is 912. The average Bonchev–Trinajstić information content (AvgIpc) is 3.05. The summed E-state index contributed by atoms with van der Waals surface area (Å²) < 4.78 is 27.3. The van der Waals surface area contributed by atoms with E-state index in [-0.39, 0.29) is 36.1 Å². The number of aliphatic hydroxyl groups is 1. The van der Waals surface area contributed by atoms with Crippen LogP contribution in [0.15, 0.2) is 0 Å². The summed E-state index contributed by atoms with van der Waals surface area (Å²) in [6.07, 6.45) is 16.2. The van der Waals surface area contributed by atoms with Crippen LogP contribution in [0.4, 0.5) is 0 Å². The summed E-state index contributed by atoms with van der Waals surface area (Å²) in [5.74, 6) is 4.03. The van der Waals surface area contributed by atoms with E-state index in [0.717, 1.165) is 64.2 Å². The van der Waals surface area contributed by atoms with E-state index < -0.39 is 5.60 Å². The zero-order valence-electron chi connectivity index (χ0n) is 34.1. The second kappa shape index (κ2) is 19.0. The van der Waals surface area contributed by atoms with Crippen molar-refractivity contribution >= 4 is 0 Å². The number of hydrogen-bond acceptors (Lipinski definition) is 5. The van der Waals surface area contributed by atoms with Crippen LogP contribution in [-0.4, -0.2) is 53.6 Å². The maximum Gasteiger partial charge on any atom is 0.160 e. The van der Waals surface area contributed by atoms with Crippen LogP contribution in [-0.2, 0) is 18.9 Å². The van der Waals surface area contributed by atoms with Gasteiger partial charge >= 0.3 is 0 Å². The normalized spacial score (nSPS) is 40.1. The largest absolute Gasteiger partial charge is 0.387 e. The minimum atomic E-state index is -0.687. The fraction of sp³-hybridized carbons (Fsp3) is 1.00. The molecule has 3 aliphatic rings. The standard InChI is InChI=1S/C43H82O5/c1-14-19-36(20-22-42(13,17-4)38-21-23-43(44,18-5)34(12)45-38)46-41-33(11)27-32(10)40(48-41)35(15-2)25-28(6)24-30(8)39-31(9)26-29(7)37(16-3)47-39/h28-41,44H,14-27H2,1-13H3/t28-,29-,30-,31-,32-,33+,34-,35-,36-,37?,38+,39-,40-,41-,42-,43+/m0/s1. The molecule has 0 radical (unpaired) electrons. The molecule has 48 heavy (non-hydrogen) atoms. The predicted octanol–water partition coefficient (Wildman–Crippen LogP) is 11.4. The molecule has 3 heterocycles. The summed E-state index contributed by atoms with van der Waals surface area (Å²) in [5.41, 5.74) is -0.613. The Balaban J connectivity index is 1.60. The van der Waals surface area contributed by atoms with Gasteiger partial charge in [0.05, 0.1) is 42.2 Å². The fourth-order valence-corrected chi connectivity index (χ4v) is 10.3. The molecule has 1 unspecified atom stereocenters. The second-order valence-electron chi connectivity index (χ2n) is 18.0. The van der Waals surface area contributed by atoms with E-state index in [2.05, 4.69) is 90.0 Å². The third-order valence-corrected chi connectivity index (χ3v) is 13.9. The van der Waals surface area contributed by atoms with E-state index in [1.807, 2.05) is 0 Å². The summed E-state index contributed by atoms with van der Waals surface area (Å²) in [6.45, 7) is 30.2. The SMILES string of the molecule is CCC[C@@H](CC[C@](C)(CC)[C@H]1CC[C@](O)(CC)[C@H](C)O1)O[C@H]1O[C@H]([C@@H](CC)C[C@@H](C)C[C@H](C)[C@@H]2OC(CC)[C@@H](C)C[C@@H]2C)[C@@H](C)C[C@H]1C. The molecular weight excluding hydrogens is 596 g/mol. The Morgan fingerprint density at radius 3 is 2.08 bits per heavy atom. The Morgan fingerprint density at radius 2 is 1.50 bits per heavy atom. The first-order valence-electron chi connectivity index (χ1n) is 21.0. The molecule has 0 spiro atoms. The highest BCUT2D eigenvalue weighted by molar-refractivity contribution is 4.95. The van der Waals surface area contributed by atoms with Gasteiger partial charge in [0.1, 0.15) is 0 Å². The monoisotopic (exact) mass is 679 g/mol. The smallest absolute Gasteiger partial charge is 0.160 e. The van der Waals surface area contributed by atoms with Crippen LogP contribution in [0.3, 0.4) is 0 Å². The first-order valence-corrected chi connectivity index (χ1v) is 21.0. The molecule has 0 amide bonds. The first-order chi connectivity index (χ1) is 22.6. The van der Waals surface area contributed by atoms with Crippen LogP contribution >= 0.6 is 0 Å². The van der Waals surface area contributed by atoms with Gasteiger partial charge in [0.25, 0.3) is 0 Å². The predicted molar refractivity (Wildman–Crippen MR) is 201 cm³/mol. The Kier molecular flexibility index (Phi) is 16.7. The first kappa shape index (κ1) is 42.2. The van der Waals surface area contributed by atoms with Gasteiger partial charge in [0.2, 0.25) is 0 Å². The van der Waals surface area contributed by atoms with Gasteiger partial charge in [-0.15, -0.1) is 0 Å². The highest BCUT2D eigenvalue weighted by Crippen LogP contribution is 2.44. The zero-order chi connectivity index (χ0) is 35.8. The molecule has 284 valence electrons. The third-order valence-electron chi connectivity index (χ3n) is 13.9. The molecule has 0 saturated carbocycles. The summed E-state index contributed by atoms with van der Waals surface area (Å²) >= 11 is 0. The molecule has 0 aromatic carbocycles. The molecule has 3 fully saturated rings. The van der Waals surface area contributed by atoms with Crippen LogP contribution in [0, 0.1) is 46.8 Å². The van der Waals surface area contributed by atoms with Crippen molar-refractivity contribution in [3.8, 4) is 0 Å². The molecule has 3 rings (SSSR count). The highest BCUT2D eigenvalue weighted by Gasteiger charge is 2.45. The van der Waals surface area contributed by atoms with E-state index in [1.165, 1.54) is 25.7 Å². The maximum absolute atomic E-state index is 11.0. The lowest BCUT2D eigenvalue weighted by molar-refractivity contribution is -0.263. The van der Waals surface area contributed by atoms with E-state index in [0.29, 0.717) is 53.6 Å². The lowest BCUT2D eigenvalue weighted by Gasteiger charge is -2.48. The molecular formula is C43H82O5. The molecule has 16 atom stereocenters. The van der Waals surface area contributed by atoms with Crippen LogP contribution in [0.2, 0.25) is 0 Å². The summed E-state index contributed by atoms with van der Waals surface area (Å²) in [5, 5.41) is 11.0. The Morgan fingerprint density at radius 1 is 0.833 bits per heavy atom. The van der Waals surface area contributed by atoms with Crippen molar-refractivity contribution in [3.05, 3.63) is 0 Å². The van der Waals surface area contributed by atoms with E-state index in [1.54, 1.807) is 0 Å². The molecule has 3 aliphatic heterocycles. The Hall–Kier alpha value is -0.200. The maximum atomic E-state index is 11.0. The van der Waals surface area contributed by atoms with Crippen molar-refractivity contribution in [3.63, 3.8) is 0 Å². The van der Waals surface area contributed by atoms with Crippen LogP contribution in [0.25, 0.3) is 0 Å². The molecule has 0 bridgehead atoms. The number of rotatable bonds is 18. The van der Waals surface area contributed by atoms with Gasteiger partial charge in [-0.2, -0.15) is 0 Å². The second-order valence-corrected chi connectivity index (χ2v) is 18.0. The van der Waals surface area contributed by atoms with Gasteiger partial charge in [-0.1, -0.05) is 95.9 Å². The van der Waals surface area contributed by atoms with Crippen molar-refractivity contribution in [1.29, 1.82) is 0 Å². The quantitative estimate of drug-likeness (QED) is 0.156. The molecule has 0 aromatic heterocycles. The molecule has 0 aliphatic carbocycles. The van der Waals surface area contributed by atoms with Crippen LogP contribution in [0.1, 0.15) is 180 Å². The van der Waals surface area contributed by atoms with Gasteiger partial charge in [0.15, 0.2) is 6.29 Å². The summed E-state index contributed by atoms with van der Waals surface area (Å²) in [7, 11) is 0. The molecule has 1 N–H and O–H groups in total. The summed E-state index contributed by atoms with van der Waals surface area (Å²) in [6, 6.07) is 0. The lowest BCUT2D eigenvalue weighted by atomic mass is 9.71. The van der Waals surface area contributed by atoms with Gasteiger partial charge in [0, 0.05) is 5.92 Å². The lowest BCUT2D eigenvalue weighted by Crippen LogP contribution is -2.52. The van der Waals surface area contributed by atoms with E-state index in [9.17, 15) is 5.11 Å². The van der Waals surface area contributed by atoms with Gasteiger partial charge in [-0.25, -0.2) is 0 Å². The summed E-state index contributed by atoms with van der Waals surface area (Å²) in [4.78, 5) is 0. The van der Waals surface area contributed by atoms with Gasteiger partial charge < -0.3 is 24.1 Å². The van der Waals surface area contributed by atoms with E-state index in [4.69, 9.17) is 18.9 Å². The van der Waals surface area contributed by atoms with Crippen molar-refractivity contribution in [1.82, 2.24) is 0 Å². The topological polar surface area (TPSA) is 57.2 Å². The van der Waals surface area contributed by atoms with Crippen LogP contribution < -0.4 is 0 Å². The van der Waals surface area contributed by atoms with Gasteiger partial charge in [-0.3, -0.25) is 0 Å². The van der Waals surface area contributed by atoms with Crippen molar-refractivity contribution in [2.75, 3.05) is 0 Å². The van der Waals surface area contributed by atoms with E-state index >= 15 is 0 Å². The number of hydrogen-bond donors (Lipinski definition) is 1. The third kappa shape index (κ3) is 10.7. The molecule has 0 aromatic rings. The Labute approximate surface area is 298 Å².